The van der Waals surface area contributed by atoms with E-state index in [0.29, 0.717) is 23.0 Å². The zero-order chi connectivity index (χ0) is 29.5. The van der Waals surface area contributed by atoms with Gasteiger partial charge in [0.15, 0.2) is 17.5 Å². The van der Waals surface area contributed by atoms with E-state index < -0.39 is 0 Å². The lowest BCUT2D eigenvalue weighted by molar-refractivity contribution is 1.08. The van der Waals surface area contributed by atoms with E-state index in [0.717, 1.165) is 54.7 Å². The van der Waals surface area contributed by atoms with Crippen LogP contribution in [0.5, 0.6) is 0 Å². The van der Waals surface area contributed by atoms with Gasteiger partial charge in [-0.05, 0) is 56.3 Å². The minimum atomic E-state index is 0.593. The van der Waals surface area contributed by atoms with Crippen molar-refractivity contribution in [2.24, 2.45) is 0 Å². The van der Waals surface area contributed by atoms with E-state index in [9.17, 15) is 5.26 Å². The van der Waals surface area contributed by atoms with Crippen molar-refractivity contribution in [3.05, 3.63) is 151 Å². The van der Waals surface area contributed by atoms with Gasteiger partial charge in [0.05, 0.1) is 11.6 Å². The number of hydrogen-bond donors (Lipinski definition) is 0. The van der Waals surface area contributed by atoms with Gasteiger partial charge in [-0.25, -0.2) is 15.0 Å². The number of rotatable bonds is 4. The molecule has 0 N–H and O–H groups in total. The highest BCUT2D eigenvalue weighted by Gasteiger charge is 2.20. The van der Waals surface area contributed by atoms with Gasteiger partial charge in [-0.1, -0.05) is 127 Å². The van der Waals surface area contributed by atoms with Crippen LogP contribution in [0.2, 0.25) is 0 Å². The van der Waals surface area contributed by atoms with Crippen LogP contribution in [0.15, 0.2) is 146 Å². The maximum Gasteiger partial charge on any atom is 0.165 e. The fourth-order valence-electron chi connectivity index (χ4n) is 6.05. The predicted molar refractivity (Wildman–Crippen MR) is 179 cm³/mol. The Morgan fingerprint density at radius 1 is 0.432 bits per heavy atom. The van der Waals surface area contributed by atoms with E-state index in [-0.39, 0.29) is 0 Å². The van der Waals surface area contributed by atoms with Crippen molar-refractivity contribution in [1.29, 1.82) is 5.26 Å². The molecule has 0 radical (unpaired) electrons. The number of fused-ring (bicyclic) bond motifs is 4. The van der Waals surface area contributed by atoms with Crippen molar-refractivity contribution in [3.63, 3.8) is 0 Å². The number of hydrogen-bond acceptors (Lipinski definition) is 4. The van der Waals surface area contributed by atoms with Crippen LogP contribution in [-0.4, -0.2) is 15.0 Å². The quantitative estimate of drug-likeness (QED) is 0.159. The molecular formula is C40H24N4. The van der Waals surface area contributed by atoms with Crippen molar-refractivity contribution in [3.8, 4) is 51.4 Å². The van der Waals surface area contributed by atoms with Gasteiger partial charge in [0.2, 0.25) is 0 Å². The Hall–Kier alpha value is -6.18. The Balaban J connectivity index is 1.47. The summed E-state index contributed by atoms with van der Waals surface area (Å²) in [5.74, 6) is 1.83. The Labute approximate surface area is 254 Å². The molecule has 4 nitrogen and oxygen atoms in total. The molecule has 0 spiro atoms. The van der Waals surface area contributed by atoms with Gasteiger partial charge < -0.3 is 0 Å². The third-order valence-electron chi connectivity index (χ3n) is 8.14. The van der Waals surface area contributed by atoms with Gasteiger partial charge in [0.25, 0.3) is 0 Å². The molecule has 8 rings (SSSR count). The summed E-state index contributed by atoms with van der Waals surface area (Å²) in [6.45, 7) is 0. The molecule has 0 atom stereocenters. The first-order valence-corrected chi connectivity index (χ1v) is 14.5. The van der Waals surface area contributed by atoms with Crippen molar-refractivity contribution < 1.29 is 0 Å². The zero-order valence-corrected chi connectivity index (χ0v) is 23.6. The number of aromatic nitrogens is 3. The second-order valence-corrected chi connectivity index (χ2v) is 10.8. The first-order valence-electron chi connectivity index (χ1n) is 14.5. The Kier molecular flexibility index (Phi) is 6.14. The SMILES string of the molecule is N#Cc1ccc(-c2ccccc2-c2nc(-c3ccccc3)nc(-c3c4ccccc4cc4ccc5ccccc5c34)n2)cc1. The second-order valence-electron chi connectivity index (χ2n) is 10.8. The molecule has 0 saturated carbocycles. The molecule has 0 amide bonds. The first-order chi connectivity index (χ1) is 21.8. The molecule has 0 unspecified atom stereocenters. The van der Waals surface area contributed by atoms with E-state index in [1.807, 2.05) is 66.7 Å². The van der Waals surface area contributed by atoms with E-state index in [4.69, 9.17) is 15.0 Å². The predicted octanol–water partition coefficient (Wildman–Crippen LogP) is 9.87. The molecule has 0 saturated heterocycles. The molecule has 0 aliphatic carbocycles. The smallest absolute Gasteiger partial charge is 0.165 e. The molecule has 8 aromatic rings. The summed E-state index contributed by atoms with van der Waals surface area (Å²) >= 11 is 0. The Morgan fingerprint density at radius 3 is 1.84 bits per heavy atom. The third kappa shape index (κ3) is 4.36. The summed E-state index contributed by atoms with van der Waals surface area (Å²) in [6, 6.07) is 51.6. The van der Waals surface area contributed by atoms with Crippen LogP contribution >= 0.6 is 0 Å². The van der Waals surface area contributed by atoms with Gasteiger partial charge in [-0.15, -0.1) is 0 Å². The van der Waals surface area contributed by atoms with Gasteiger partial charge in [0, 0.05) is 22.1 Å². The lowest BCUT2D eigenvalue weighted by atomic mass is 9.92. The summed E-state index contributed by atoms with van der Waals surface area (Å²) in [4.78, 5) is 15.5. The van der Waals surface area contributed by atoms with Crippen molar-refractivity contribution in [2.75, 3.05) is 0 Å². The largest absolute Gasteiger partial charge is 0.208 e. The highest BCUT2D eigenvalue weighted by atomic mass is 15.0. The zero-order valence-electron chi connectivity index (χ0n) is 23.6. The van der Waals surface area contributed by atoms with Crippen LogP contribution < -0.4 is 0 Å². The minimum Gasteiger partial charge on any atom is -0.208 e. The summed E-state index contributed by atoms with van der Waals surface area (Å²) in [6.07, 6.45) is 0. The summed E-state index contributed by atoms with van der Waals surface area (Å²) in [5, 5.41) is 16.2. The summed E-state index contributed by atoms with van der Waals surface area (Å²) in [5.41, 5.74) is 5.41. The lowest BCUT2D eigenvalue weighted by Crippen LogP contribution is -2.02. The molecule has 7 aromatic carbocycles. The van der Waals surface area contributed by atoms with Crippen molar-refractivity contribution >= 4 is 32.3 Å². The minimum absolute atomic E-state index is 0.593. The third-order valence-corrected chi connectivity index (χ3v) is 8.14. The molecule has 204 valence electrons. The number of benzene rings is 7. The standard InChI is InChI=1S/C40H24N4/c41-25-26-18-20-28(21-19-26)32-14-8-9-17-35(32)39-42-38(29-11-2-1-3-12-29)43-40(44-39)37-34-16-7-5-13-30(34)24-31-23-22-27-10-4-6-15-33(27)36(31)37/h1-24H. The molecule has 0 bridgehead atoms. The van der Waals surface area contributed by atoms with Crippen LogP contribution in [0.4, 0.5) is 0 Å². The molecule has 4 heteroatoms. The highest BCUT2D eigenvalue weighted by Crippen LogP contribution is 2.40. The first kappa shape index (κ1) is 25.5. The van der Waals surface area contributed by atoms with Crippen molar-refractivity contribution in [2.45, 2.75) is 0 Å². The van der Waals surface area contributed by atoms with Gasteiger partial charge in [0.1, 0.15) is 0 Å². The monoisotopic (exact) mass is 560 g/mol. The van der Waals surface area contributed by atoms with Crippen LogP contribution in [0, 0.1) is 11.3 Å². The van der Waals surface area contributed by atoms with Crippen LogP contribution in [-0.2, 0) is 0 Å². The second kappa shape index (κ2) is 10.6. The molecule has 0 fully saturated rings. The molecule has 0 aliphatic heterocycles. The fraction of sp³-hybridized carbons (Fsp3) is 0. The Morgan fingerprint density at radius 2 is 1.05 bits per heavy atom. The van der Waals surface area contributed by atoms with Gasteiger partial charge in [-0.3, -0.25) is 0 Å². The topological polar surface area (TPSA) is 62.5 Å². The summed E-state index contributed by atoms with van der Waals surface area (Å²) < 4.78 is 0. The van der Waals surface area contributed by atoms with Gasteiger partial charge in [-0.2, -0.15) is 5.26 Å². The van der Waals surface area contributed by atoms with E-state index in [1.165, 1.54) is 5.39 Å². The maximum atomic E-state index is 9.35. The molecule has 0 aliphatic rings. The summed E-state index contributed by atoms with van der Waals surface area (Å²) in [7, 11) is 0. The average Bonchev–Trinajstić information content (AvgIpc) is 3.10. The highest BCUT2D eigenvalue weighted by molar-refractivity contribution is 6.21. The number of nitriles is 1. The van der Waals surface area contributed by atoms with E-state index in [1.54, 1.807) is 0 Å². The number of nitrogens with zero attached hydrogens (tertiary/aromatic N) is 4. The van der Waals surface area contributed by atoms with E-state index >= 15 is 0 Å². The average molecular weight is 561 g/mol. The molecule has 1 heterocycles. The van der Waals surface area contributed by atoms with Crippen LogP contribution in [0.1, 0.15) is 5.56 Å². The molecule has 44 heavy (non-hydrogen) atoms. The molecular weight excluding hydrogens is 536 g/mol. The fourth-order valence-corrected chi connectivity index (χ4v) is 6.05. The van der Waals surface area contributed by atoms with Crippen LogP contribution in [0.3, 0.4) is 0 Å². The Bertz CT molecular complexity index is 2390. The van der Waals surface area contributed by atoms with Crippen LogP contribution in [0.25, 0.3) is 77.6 Å². The van der Waals surface area contributed by atoms with Gasteiger partial charge >= 0.3 is 0 Å². The normalized spacial score (nSPS) is 11.2. The van der Waals surface area contributed by atoms with E-state index in [2.05, 4.69) is 84.9 Å². The van der Waals surface area contributed by atoms with Crippen molar-refractivity contribution in [1.82, 2.24) is 15.0 Å². The maximum absolute atomic E-state index is 9.35. The molecule has 1 aromatic heterocycles. The lowest BCUT2D eigenvalue weighted by Gasteiger charge is -2.16.